The predicted octanol–water partition coefficient (Wildman–Crippen LogP) is 3.72. The number of rotatable bonds is 8. The molecule has 0 amide bonds. The Morgan fingerprint density at radius 3 is 2.30 bits per heavy atom. The summed E-state index contributed by atoms with van der Waals surface area (Å²) in [5.74, 6) is 0.305. The van der Waals surface area contributed by atoms with Crippen molar-refractivity contribution in [2.45, 2.75) is 38.5 Å². The molecule has 10 nitrogen and oxygen atoms in total. The van der Waals surface area contributed by atoms with E-state index >= 15 is 0 Å². The molecule has 0 saturated carbocycles. The Labute approximate surface area is 191 Å². The average Bonchev–Trinajstić information content (AvgIpc) is 2.97. The third-order valence-electron chi connectivity index (χ3n) is 5.29. The first-order valence-corrected chi connectivity index (χ1v) is 11.8. The molecule has 0 atom stereocenters. The van der Waals surface area contributed by atoms with Crippen LogP contribution in [0.2, 0.25) is 0 Å². The van der Waals surface area contributed by atoms with Crippen LogP contribution >= 0.6 is 0 Å². The second-order valence-electron chi connectivity index (χ2n) is 7.76. The minimum Gasteiger partial charge on any atom is -0.494 e. The van der Waals surface area contributed by atoms with Crippen molar-refractivity contribution >= 4 is 21.4 Å². The van der Waals surface area contributed by atoms with Crippen molar-refractivity contribution in [2.24, 2.45) is 7.05 Å². The van der Waals surface area contributed by atoms with E-state index < -0.39 is 20.6 Å². The normalized spacial score (nSPS) is 11.6. The fourth-order valence-corrected chi connectivity index (χ4v) is 4.73. The number of nitrogens with zero attached hydrogens (tertiary/aromatic N) is 3. The molecule has 33 heavy (non-hydrogen) atoms. The number of benzene rings is 2. The van der Waals surface area contributed by atoms with Gasteiger partial charge in [-0.05, 0) is 56.2 Å². The number of ether oxygens (including phenoxy) is 1. The first-order chi connectivity index (χ1) is 15.5. The summed E-state index contributed by atoms with van der Waals surface area (Å²) in [7, 11) is -2.36. The van der Waals surface area contributed by atoms with Gasteiger partial charge in [-0.2, -0.15) is 0 Å². The van der Waals surface area contributed by atoms with Gasteiger partial charge in [0.05, 0.1) is 28.2 Å². The Morgan fingerprint density at radius 1 is 1.15 bits per heavy atom. The molecule has 0 fully saturated rings. The Bertz CT molecular complexity index is 1350. The Kier molecular flexibility index (Phi) is 6.63. The molecule has 0 aliphatic rings. The quantitative estimate of drug-likeness (QED) is 0.392. The topological polar surface area (TPSA) is 125 Å². The SMILES string of the molecule is CCOc1ccc(NS(=O)(=O)c2ccc(-n3c(=O)c(C(C)C)c(C)n3C)cc2)c([N+](=O)[O-])c1. The highest BCUT2D eigenvalue weighted by atomic mass is 32.2. The highest BCUT2D eigenvalue weighted by Crippen LogP contribution is 2.31. The molecule has 0 aliphatic heterocycles. The molecule has 3 rings (SSSR count). The molecule has 176 valence electrons. The molecular formula is C22H26N4O6S. The van der Waals surface area contributed by atoms with Gasteiger partial charge in [-0.15, -0.1) is 0 Å². The third-order valence-corrected chi connectivity index (χ3v) is 6.67. The minimum absolute atomic E-state index is 0.0405. The third kappa shape index (κ3) is 4.63. The number of nitro groups is 1. The molecule has 0 aliphatic carbocycles. The van der Waals surface area contributed by atoms with Gasteiger partial charge >= 0.3 is 0 Å². The lowest BCUT2D eigenvalue weighted by atomic mass is 10.0. The summed E-state index contributed by atoms with van der Waals surface area (Å²) in [6.07, 6.45) is 0. The number of hydrogen-bond acceptors (Lipinski definition) is 6. The van der Waals surface area contributed by atoms with Crippen molar-refractivity contribution in [3.63, 3.8) is 0 Å². The molecule has 0 unspecified atom stereocenters. The molecule has 1 heterocycles. The summed E-state index contributed by atoms with van der Waals surface area (Å²) < 4.78 is 36.5. The van der Waals surface area contributed by atoms with Crippen LogP contribution in [0.25, 0.3) is 5.69 Å². The van der Waals surface area contributed by atoms with Crippen molar-refractivity contribution in [1.29, 1.82) is 0 Å². The van der Waals surface area contributed by atoms with Crippen LogP contribution < -0.4 is 15.0 Å². The zero-order valence-corrected chi connectivity index (χ0v) is 19.8. The summed E-state index contributed by atoms with van der Waals surface area (Å²) in [4.78, 5) is 23.5. The van der Waals surface area contributed by atoms with Gasteiger partial charge in [0.15, 0.2) is 0 Å². The van der Waals surface area contributed by atoms with Gasteiger partial charge in [-0.1, -0.05) is 13.8 Å². The van der Waals surface area contributed by atoms with E-state index in [2.05, 4.69) is 4.72 Å². The van der Waals surface area contributed by atoms with Crippen LogP contribution in [-0.2, 0) is 17.1 Å². The molecule has 11 heteroatoms. The van der Waals surface area contributed by atoms with Crippen LogP contribution in [0, 0.1) is 17.0 Å². The maximum absolute atomic E-state index is 12.9. The molecule has 0 spiro atoms. The monoisotopic (exact) mass is 474 g/mol. The number of sulfonamides is 1. The molecule has 2 aromatic carbocycles. The van der Waals surface area contributed by atoms with E-state index in [9.17, 15) is 23.3 Å². The zero-order chi connectivity index (χ0) is 24.5. The van der Waals surface area contributed by atoms with E-state index in [1.54, 1.807) is 18.7 Å². The Balaban J connectivity index is 1.96. The number of aromatic nitrogens is 2. The number of hydrogen-bond donors (Lipinski definition) is 1. The highest BCUT2D eigenvalue weighted by molar-refractivity contribution is 7.92. The van der Waals surface area contributed by atoms with E-state index in [1.165, 1.54) is 47.1 Å². The average molecular weight is 475 g/mol. The van der Waals surface area contributed by atoms with E-state index in [4.69, 9.17) is 4.74 Å². The molecular weight excluding hydrogens is 448 g/mol. The summed E-state index contributed by atoms with van der Waals surface area (Å²) in [6, 6.07) is 9.64. The van der Waals surface area contributed by atoms with E-state index in [1.807, 2.05) is 20.8 Å². The lowest BCUT2D eigenvalue weighted by Gasteiger charge is -2.12. The Morgan fingerprint density at radius 2 is 1.79 bits per heavy atom. The lowest BCUT2D eigenvalue weighted by Crippen LogP contribution is -2.21. The van der Waals surface area contributed by atoms with Crippen molar-refractivity contribution in [3.8, 4) is 11.4 Å². The highest BCUT2D eigenvalue weighted by Gasteiger charge is 2.23. The van der Waals surface area contributed by atoms with Crippen LogP contribution in [0.15, 0.2) is 52.2 Å². The molecule has 0 radical (unpaired) electrons. The summed E-state index contributed by atoms with van der Waals surface area (Å²) in [5, 5.41) is 11.4. The number of nitrogens with one attached hydrogen (secondary N) is 1. The fourth-order valence-electron chi connectivity index (χ4n) is 3.66. The van der Waals surface area contributed by atoms with E-state index in [0.717, 1.165) is 5.69 Å². The lowest BCUT2D eigenvalue weighted by molar-refractivity contribution is -0.384. The van der Waals surface area contributed by atoms with Crippen LogP contribution in [0.5, 0.6) is 5.75 Å². The smallest absolute Gasteiger partial charge is 0.297 e. The second-order valence-corrected chi connectivity index (χ2v) is 9.45. The fraction of sp³-hybridized carbons (Fsp3) is 0.318. The summed E-state index contributed by atoms with van der Waals surface area (Å²) in [5.41, 5.74) is 1.26. The van der Waals surface area contributed by atoms with Crippen molar-refractivity contribution in [3.05, 3.63) is 74.2 Å². The van der Waals surface area contributed by atoms with Gasteiger partial charge in [0.25, 0.3) is 21.3 Å². The van der Waals surface area contributed by atoms with Gasteiger partial charge in [0.2, 0.25) is 0 Å². The standard InChI is InChI=1S/C22H26N4O6S/c1-6-32-17-9-12-19(20(13-17)26(28)29)23-33(30,31)18-10-7-16(8-11-18)25-22(27)21(14(2)3)15(4)24(25)5/h7-14,23H,6H2,1-5H3. The second kappa shape index (κ2) is 9.10. The van der Waals surface area contributed by atoms with Crippen LogP contribution in [0.1, 0.15) is 37.9 Å². The zero-order valence-electron chi connectivity index (χ0n) is 19.0. The van der Waals surface area contributed by atoms with Gasteiger partial charge < -0.3 is 4.74 Å². The molecule has 0 bridgehead atoms. The van der Waals surface area contributed by atoms with Crippen LogP contribution in [-0.4, -0.2) is 29.3 Å². The largest absolute Gasteiger partial charge is 0.494 e. The minimum atomic E-state index is -4.12. The predicted molar refractivity (Wildman–Crippen MR) is 125 cm³/mol. The summed E-state index contributed by atoms with van der Waals surface area (Å²) >= 11 is 0. The summed E-state index contributed by atoms with van der Waals surface area (Å²) in [6.45, 7) is 7.79. The van der Waals surface area contributed by atoms with Gasteiger partial charge in [-0.3, -0.25) is 24.3 Å². The van der Waals surface area contributed by atoms with Gasteiger partial charge in [0.1, 0.15) is 11.4 Å². The molecule has 3 aromatic rings. The maximum Gasteiger partial charge on any atom is 0.297 e. The van der Waals surface area contributed by atoms with Crippen molar-refractivity contribution in [2.75, 3.05) is 11.3 Å². The van der Waals surface area contributed by atoms with E-state index in [0.29, 0.717) is 17.9 Å². The van der Waals surface area contributed by atoms with Crippen molar-refractivity contribution < 1.29 is 18.1 Å². The first-order valence-electron chi connectivity index (χ1n) is 10.3. The van der Waals surface area contributed by atoms with Gasteiger partial charge in [-0.25, -0.2) is 13.1 Å². The van der Waals surface area contributed by atoms with Crippen LogP contribution in [0.3, 0.4) is 0 Å². The molecule has 1 N–H and O–H groups in total. The van der Waals surface area contributed by atoms with Crippen LogP contribution in [0.4, 0.5) is 11.4 Å². The molecule has 0 saturated heterocycles. The number of anilines is 1. The first kappa shape index (κ1) is 24.1. The number of nitro benzene ring substituents is 1. The molecule has 1 aromatic heterocycles. The Hall–Kier alpha value is -3.60. The van der Waals surface area contributed by atoms with Gasteiger partial charge in [0, 0.05) is 18.3 Å². The maximum atomic E-state index is 12.9. The van der Waals surface area contributed by atoms with Crippen molar-refractivity contribution in [1.82, 2.24) is 9.36 Å². The van der Waals surface area contributed by atoms with E-state index in [-0.39, 0.29) is 27.8 Å².